The van der Waals surface area contributed by atoms with Crippen molar-refractivity contribution in [1.82, 2.24) is 4.72 Å². The van der Waals surface area contributed by atoms with Crippen molar-refractivity contribution in [3.63, 3.8) is 0 Å². The fourth-order valence-electron chi connectivity index (χ4n) is 1.03. The molecule has 1 aromatic rings. The van der Waals surface area contributed by atoms with Gasteiger partial charge in [0.15, 0.2) is 5.75 Å². The van der Waals surface area contributed by atoms with Crippen molar-refractivity contribution < 1.29 is 31.4 Å². The lowest BCUT2D eigenvalue weighted by atomic mass is 10.3. The number of benzene rings is 1. The molecular formula is C8H8F3NO4S. The first-order chi connectivity index (χ1) is 7.65. The van der Waals surface area contributed by atoms with Crippen molar-refractivity contribution in [3.05, 3.63) is 18.2 Å². The maximum atomic E-state index is 12.0. The topological polar surface area (TPSA) is 75.6 Å². The smallest absolute Gasteiger partial charge is 0.508 e. The molecule has 0 fully saturated rings. The Morgan fingerprint density at radius 3 is 2.41 bits per heavy atom. The number of hydrogen-bond acceptors (Lipinski definition) is 4. The first-order valence-electron chi connectivity index (χ1n) is 4.18. The molecule has 0 saturated carbocycles. The van der Waals surface area contributed by atoms with Crippen molar-refractivity contribution in [2.45, 2.75) is 11.3 Å². The Labute approximate surface area is 94.9 Å². The van der Waals surface area contributed by atoms with Gasteiger partial charge in [-0.15, -0.1) is 13.2 Å². The summed E-state index contributed by atoms with van der Waals surface area (Å²) in [5.74, 6) is -1.54. The Balaban J connectivity index is 3.32. The number of phenolic OH excluding ortho intramolecular Hbond substituents is 1. The maximum Gasteiger partial charge on any atom is 0.573 e. The predicted octanol–water partition coefficient (Wildman–Crippen LogP) is 1.20. The minimum Gasteiger partial charge on any atom is -0.508 e. The predicted molar refractivity (Wildman–Crippen MR) is 51.0 cm³/mol. The van der Waals surface area contributed by atoms with Gasteiger partial charge in [0.2, 0.25) is 10.0 Å². The van der Waals surface area contributed by atoms with E-state index in [2.05, 4.69) is 4.74 Å². The highest BCUT2D eigenvalue weighted by molar-refractivity contribution is 7.89. The Morgan fingerprint density at radius 2 is 1.94 bits per heavy atom. The molecule has 2 N–H and O–H groups in total. The average molecular weight is 271 g/mol. The summed E-state index contributed by atoms with van der Waals surface area (Å²) in [5.41, 5.74) is 0. The van der Waals surface area contributed by atoms with E-state index in [1.54, 1.807) is 0 Å². The van der Waals surface area contributed by atoms with E-state index in [4.69, 9.17) is 5.11 Å². The fraction of sp³-hybridized carbons (Fsp3) is 0.250. The van der Waals surface area contributed by atoms with Gasteiger partial charge in [0.1, 0.15) is 10.6 Å². The zero-order valence-electron chi connectivity index (χ0n) is 8.45. The number of ether oxygens (including phenoxy) is 1. The first kappa shape index (κ1) is 13.6. The molecule has 0 aromatic heterocycles. The van der Waals surface area contributed by atoms with E-state index in [-0.39, 0.29) is 0 Å². The van der Waals surface area contributed by atoms with E-state index in [0.29, 0.717) is 6.07 Å². The second-order valence-corrected chi connectivity index (χ2v) is 4.74. The second-order valence-electron chi connectivity index (χ2n) is 2.89. The highest BCUT2D eigenvalue weighted by Gasteiger charge is 2.34. The van der Waals surface area contributed by atoms with E-state index in [1.807, 2.05) is 4.72 Å². The van der Waals surface area contributed by atoms with Gasteiger partial charge in [-0.25, -0.2) is 13.1 Å². The number of sulfonamides is 1. The summed E-state index contributed by atoms with van der Waals surface area (Å²) in [6.07, 6.45) is -5.05. The SMILES string of the molecule is CNS(=O)(=O)c1ccc(O)cc1OC(F)(F)F. The standard InChI is InChI=1S/C8H8F3NO4S/c1-12-17(14,15)7-3-2-5(13)4-6(7)16-8(9,10)11/h2-4,12-13H,1H3. The van der Waals surface area contributed by atoms with Crippen LogP contribution in [0.2, 0.25) is 0 Å². The van der Waals surface area contributed by atoms with Crippen molar-refractivity contribution >= 4 is 10.0 Å². The van der Waals surface area contributed by atoms with Gasteiger partial charge in [-0.1, -0.05) is 0 Å². The molecular weight excluding hydrogens is 263 g/mol. The second kappa shape index (κ2) is 4.41. The van der Waals surface area contributed by atoms with E-state index < -0.39 is 32.8 Å². The van der Waals surface area contributed by atoms with Crippen molar-refractivity contribution in [3.8, 4) is 11.5 Å². The van der Waals surface area contributed by atoms with Gasteiger partial charge in [0, 0.05) is 6.07 Å². The number of nitrogens with one attached hydrogen (secondary N) is 1. The normalized spacial score (nSPS) is 12.5. The third-order valence-electron chi connectivity index (χ3n) is 1.71. The monoisotopic (exact) mass is 271 g/mol. The van der Waals surface area contributed by atoms with Crippen molar-refractivity contribution in [1.29, 1.82) is 0 Å². The van der Waals surface area contributed by atoms with Crippen LogP contribution in [0.1, 0.15) is 0 Å². The number of hydrogen-bond donors (Lipinski definition) is 2. The number of alkyl halides is 3. The summed E-state index contributed by atoms with van der Waals surface area (Å²) in [4.78, 5) is -0.713. The molecule has 5 nitrogen and oxygen atoms in total. The van der Waals surface area contributed by atoms with E-state index in [9.17, 15) is 21.6 Å². The molecule has 0 aliphatic carbocycles. The zero-order chi connectivity index (χ0) is 13.3. The summed E-state index contributed by atoms with van der Waals surface area (Å²) in [7, 11) is -3.06. The Hall–Kier alpha value is -1.48. The maximum absolute atomic E-state index is 12.0. The quantitative estimate of drug-likeness (QED) is 0.866. The number of phenols is 1. The third kappa shape index (κ3) is 3.49. The van der Waals surface area contributed by atoms with Crippen LogP contribution in [-0.4, -0.2) is 26.9 Å². The fourth-order valence-corrected chi connectivity index (χ4v) is 1.87. The summed E-state index contributed by atoms with van der Waals surface area (Å²) in [5, 5.41) is 9.01. The molecule has 0 heterocycles. The van der Waals surface area contributed by atoms with Crippen LogP contribution < -0.4 is 9.46 Å². The molecule has 0 spiro atoms. The molecule has 1 aromatic carbocycles. The number of rotatable bonds is 3. The minimum absolute atomic E-state index is 0.542. The summed E-state index contributed by atoms with van der Waals surface area (Å²) >= 11 is 0. The van der Waals surface area contributed by atoms with Gasteiger partial charge < -0.3 is 9.84 Å². The van der Waals surface area contributed by atoms with Crippen LogP contribution >= 0.6 is 0 Å². The van der Waals surface area contributed by atoms with Crippen LogP contribution in [0.5, 0.6) is 11.5 Å². The average Bonchev–Trinajstić information content (AvgIpc) is 2.14. The van der Waals surface area contributed by atoms with Crippen LogP contribution in [0.15, 0.2) is 23.1 Å². The molecule has 0 atom stereocenters. The first-order valence-corrected chi connectivity index (χ1v) is 5.66. The highest BCUT2D eigenvalue weighted by atomic mass is 32.2. The molecule has 0 bridgehead atoms. The molecule has 0 unspecified atom stereocenters. The largest absolute Gasteiger partial charge is 0.573 e. The lowest BCUT2D eigenvalue weighted by Crippen LogP contribution is -2.23. The van der Waals surface area contributed by atoms with Gasteiger partial charge >= 0.3 is 6.36 Å². The lowest BCUT2D eigenvalue weighted by molar-refractivity contribution is -0.275. The summed E-state index contributed by atoms with van der Waals surface area (Å²) in [6, 6.07) is 2.31. The summed E-state index contributed by atoms with van der Waals surface area (Å²) in [6.45, 7) is 0. The van der Waals surface area contributed by atoms with Crippen molar-refractivity contribution in [2.24, 2.45) is 0 Å². The van der Waals surface area contributed by atoms with Gasteiger partial charge in [0.05, 0.1) is 0 Å². The molecule has 9 heteroatoms. The highest BCUT2D eigenvalue weighted by Crippen LogP contribution is 2.32. The number of aromatic hydroxyl groups is 1. The molecule has 0 radical (unpaired) electrons. The lowest BCUT2D eigenvalue weighted by Gasteiger charge is -2.13. The Bertz CT molecular complexity index is 512. The molecule has 0 amide bonds. The van der Waals surface area contributed by atoms with Crippen molar-refractivity contribution in [2.75, 3.05) is 7.05 Å². The van der Waals surface area contributed by atoms with Crippen LogP contribution in [-0.2, 0) is 10.0 Å². The zero-order valence-corrected chi connectivity index (χ0v) is 9.26. The molecule has 0 aliphatic heterocycles. The van der Waals surface area contributed by atoms with E-state index >= 15 is 0 Å². The summed E-state index contributed by atoms with van der Waals surface area (Å²) < 4.78 is 64.2. The minimum atomic E-state index is -5.05. The van der Waals surface area contributed by atoms with Gasteiger partial charge in [-0.05, 0) is 19.2 Å². The van der Waals surface area contributed by atoms with Gasteiger partial charge in [-0.3, -0.25) is 0 Å². The van der Waals surface area contributed by atoms with Crippen LogP contribution in [0.25, 0.3) is 0 Å². The third-order valence-corrected chi connectivity index (χ3v) is 3.16. The van der Waals surface area contributed by atoms with E-state index in [0.717, 1.165) is 19.2 Å². The van der Waals surface area contributed by atoms with Crippen LogP contribution in [0, 0.1) is 0 Å². The Kier molecular flexibility index (Phi) is 3.53. The Morgan fingerprint density at radius 1 is 1.35 bits per heavy atom. The molecule has 1 rings (SSSR count). The van der Waals surface area contributed by atoms with E-state index in [1.165, 1.54) is 0 Å². The molecule has 96 valence electrons. The van der Waals surface area contributed by atoms with Gasteiger partial charge in [-0.2, -0.15) is 0 Å². The van der Waals surface area contributed by atoms with Crippen LogP contribution in [0.3, 0.4) is 0 Å². The van der Waals surface area contributed by atoms with Crippen LogP contribution in [0.4, 0.5) is 13.2 Å². The molecule has 17 heavy (non-hydrogen) atoms. The van der Waals surface area contributed by atoms with Gasteiger partial charge in [0.25, 0.3) is 0 Å². The molecule has 0 saturated heterocycles. The number of halogens is 3. The molecule has 0 aliphatic rings.